The minimum Gasteiger partial charge on any atom is -0.480 e. The van der Waals surface area contributed by atoms with E-state index >= 15 is 0 Å². The Kier molecular flexibility index (Phi) is 4.24. The Hall–Kier alpha value is -2.66. The summed E-state index contributed by atoms with van der Waals surface area (Å²) in [6.07, 6.45) is 4.58. The second-order valence-corrected chi connectivity index (χ2v) is 6.19. The van der Waals surface area contributed by atoms with Crippen LogP contribution in [-0.2, 0) is 17.7 Å². The third kappa shape index (κ3) is 2.81. The first-order chi connectivity index (χ1) is 12.3. The molecule has 0 aromatic carbocycles. The average molecular weight is 340 g/mol. The van der Waals surface area contributed by atoms with Crippen LogP contribution in [0.15, 0.2) is 12.3 Å². The van der Waals surface area contributed by atoms with Crippen LogP contribution in [-0.4, -0.2) is 46.6 Å². The first kappa shape index (κ1) is 15.8. The maximum Gasteiger partial charge on any atom is 0.233 e. The standard InChI is InChI=1S/C17H20N6O2/c1-24-17-12(11-18)13(4-6-19-17)22-7-5-15-20-21-16(23(15)9-8-22)14-3-2-10-25-14/h4,6,14H,2-3,5,7-10H2,1H3. The van der Waals surface area contributed by atoms with Gasteiger partial charge in [-0.15, -0.1) is 10.2 Å². The van der Waals surface area contributed by atoms with Gasteiger partial charge in [0.25, 0.3) is 0 Å². The monoisotopic (exact) mass is 340 g/mol. The summed E-state index contributed by atoms with van der Waals surface area (Å²) in [5, 5.41) is 18.2. The van der Waals surface area contributed by atoms with Crippen LogP contribution in [0.2, 0.25) is 0 Å². The topological polar surface area (TPSA) is 89.1 Å². The van der Waals surface area contributed by atoms with Gasteiger partial charge in [0.15, 0.2) is 5.82 Å². The molecule has 8 heteroatoms. The molecule has 0 bridgehead atoms. The van der Waals surface area contributed by atoms with Crippen molar-refractivity contribution in [2.24, 2.45) is 0 Å². The Morgan fingerprint density at radius 1 is 1.32 bits per heavy atom. The van der Waals surface area contributed by atoms with Gasteiger partial charge in [-0.1, -0.05) is 0 Å². The van der Waals surface area contributed by atoms with Crippen molar-refractivity contribution < 1.29 is 9.47 Å². The van der Waals surface area contributed by atoms with Crippen molar-refractivity contribution in [2.45, 2.75) is 31.9 Å². The fourth-order valence-corrected chi connectivity index (χ4v) is 3.56. The van der Waals surface area contributed by atoms with E-state index in [1.165, 1.54) is 7.11 Å². The molecule has 2 aliphatic rings. The summed E-state index contributed by atoms with van der Waals surface area (Å²) in [5.41, 5.74) is 1.33. The molecule has 8 nitrogen and oxygen atoms in total. The fourth-order valence-electron chi connectivity index (χ4n) is 3.56. The summed E-state index contributed by atoms with van der Waals surface area (Å²) < 4.78 is 13.2. The van der Waals surface area contributed by atoms with Gasteiger partial charge >= 0.3 is 0 Å². The van der Waals surface area contributed by atoms with Gasteiger partial charge in [-0.2, -0.15) is 5.26 Å². The van der Waals surface area contributed by atoms with E-state index in [9.17, 15) is 5.26 Å². The van der Waals surface area contributed by atoms with E-state index in [-0.39, 0.29) is 6.10 Å². The van der Waals surface area contributed by atoms with Crippen molar-refractivity contribution in [1.29, 1.82) is 5.26 Å². The number of hydrogen-bond acceptors (Lipinski definition) is 7. The summed E-state index contributed by atoms with van der Waals surface area (Å²) in [6.45, 7) is 3.10. The number of anilines is 1. The molecule has 2 aromatic rings. The highest BCUT2D eigenvalue weighted by Gasteiger charge is 2.27. The Morgan fingerprint density at radius 2 is 2.24 bits per heavy atom. The van der Waals surface area contributed by atoms with E-state index in [0.717, 1.165) is 62.8 Å². The molecule has 130 valence electrons. The van der Waals surface area contributed by atoms with E-state index in [1.807, 2.05) is 6.07 Å². The van der Waals surface area contributed by atoms with Gasteiger partial charge < -0.3 is 18.9 Å². The maximum atomic E-state index is 9.51. The van der Waals surface area contributed by atoms with Gasteiger partial charge in [-0.05, 0) is 18.9 Å². The number of ether oxygens (including phenoxy) is 2. The number of hydrogen-bond donors (Lipinski definition) is 0. The van der Waals surface area contributed by atoms with Crippen LogP contribution in [0.5, 0.6) is 5.88 Å². The highest BCUT2D eigenvalue weighted by molar-refractivity contribution is 5.63. The molecule has 1 atom stereocenters. The smallest absolute Gasteiger partial charge is 0.233 e. The van der Waals surface area contributed by atoms with Crippen LogP contribution in [0.4, 0.5) is 5.69 Å². The van der Waals surface area contributed by atoms with Crippen molar-refractivity contribution in [3.63, 3.8) is 0 Å². The SMILES string of the molecule is COc1nccc(N2CCc3nnc(C4CCCO4)n3CC2)c1C#N. The molecule has 1 unspecified atom stereocenters. The molecule has 2 aliphatic heterocycles. The van der Waals surface area contributed by atoms with Crippen molar-refractivity contribution in [3.8, 4) is 11.9 Å². The molecule has 0 spiro atoms. The van der Waals surface area contributed by atoms with E-state index in [0.29, 0.717) is 11.4 Å². The zero-order valence-corrected chi connectivity index (χ0v) is 14.2. The molecule has 0 radical (unpaired) electrons. The van der Waals surface area contributed by atoms with E-state index < -0.39 is 0 Å². The molecule has 4 heterocycles. The minimum atomic E-state index is 0.0588. The van der Waals surface area contributed by atoms with Gasteiger partial charge in [-0.3, -0.25) is 0 Å². The molecule has 1 fully saturated rings. The normalized spacial score (nSPS) is 20.0. The number of pyridine rings is 1. The number of nitrogens with zero attached hydrogens (tertiary/aromatic N) is 6. The quantitative estimate of drug-likeness (QED) is 0.836. The zero-order chi connectivity index (χ0) is 17.2. The fraction of sp³-hybridized carbons (Fsp3) is 0.529. The van der Waals surface area contributed by atoms with Crippen LogP contribution in [0, 0.1) is 11.3 Å². The zero-order valence-electron chi connectivity index (χ0n) is 14.2. The van der Waals surface area contributed by atoms with E-state index in [2.05, 4.69) is 30.7 Å². The van der Waals surface area contributed by atoms with Crippen molar-refractivity contribution in [3.05, 3.63) is 29.5 Å². The second-order valence-electron chi connectivity index (χ2n) is 6.19. The van der Waals surface area contributed by atoms with Gasteiger partial charge in [0.1, 0.15) is 23.6 Å². The summed E-state index contributed by atoms with van der Waals surface area (Å²) in [4.78, 5) is 6.32. The first-order valence-electron chi connectivity index (χ1n) is 8.53. The molecule has 0 aliphatic carbocycles. The van der Waals surface area contributed by atoms with Gasteiger partial charge in [0, 0.05) is 38.9 Å². The van der Waals surface area contributed by atoms with E-state index in [1.54, 1.807) is 6.20 Å². The Bertz CT molecular complexity index is 806. The van der Waals surface area contributed by atoms with Crippen LogP contribution >= 0.6 is 0 Å². The third-order valence-electron chi connectivity index (χ3n) is 4.81. The largest absolute Gasteiger partial charge is 0.480 e. The first-order valence-corrected chi connectivity index (χ1v) is 8.53. The number of rotatable bonds is 3. The van der Waals surface area contributed by atoms with Gasteiger partial charge in [0.05, 0.1) is 12.8 Å². The summed E-state index contributed by atoms with van der Waals surface area (Å²) >= 11 is 0. The molecule has 25 heavy (non-hydrogen) atoms. The predicted molar refractivity (Wildman–Crippen MR) is 89.4 cm³/mol. The molecular weight excluding hydrogens is 320 g/mol. The molecule has 0 N–H and O–H groups in total. The van der Waals surface area contributed by atoms with Gasteiger partial charge in [0.2, 0.25) is 5.88 Å². The number of aromatic nitrogens is 4. The van der Waals surface area contributed by atoms with Crippen LogP contribution in [0.3, 0.4) is 0 Å². The molecule has 0 amide bonds. The lowest BCUT2D eigenvalue weighted by Gasteiger charge is -2.24. The number of nitriles is 1. The summed E-state index contributed by atoms with van der Waals surface area (Å²) in [7, 11) is 1.53. The summed E-state index contributed by atoms with van der Waals surface area (Å²) in [6, 6.07) is 4.09. The second kappa shape index (κ2) is 6.69. The Labute approximate surface area is 146 Å². The number of methoxy groups -OCH3 is 1. The lowest BCUT2D eigenvalue weighted by atomic mass is 10.2. The molecule has 4 rings (SSSR count). The molecule has 0 saturated carbocycles. The number of fused-ring (bicyclic) bond motifs is 1. The Morgan fingerprint density at radius 3 is 3.00 bits per heavy atom. The average Bonchev–Trinajstić information content (AvgIpc) is 3.26. The maximum absolute atomic E-state index is 9.51. The van der Waals surface area contributed by atoms with Gasteiger partial charge in [-0.25, -0.2) is 4.98 Å². The predicted octanol–water partition coefficient (Wildman–Crippen LogP) is 1.47. The molecule has 2 aromatic heterocycles. The van der Waals surface area contributed by atoms with E-state index in [4.69, 9.17) is 9.47 Å². The van der Waals surface area contributed by atoms with Crippen LogP contribution < -0.4 is 9.64 Å². The molecule has 1 saturated heterocycles. The molecular formula is C17H20N6O2. The van der Waals surface area contributed by atoms with Crippen molar-refractivity contribution in [1.82, 2.24) is 19.7 Å². The highest BCUT2D eigenvalue weighted by atomic mass is 16.5. The highest BCUT2D eigenvalue weighted by Crippen LogP contribution is 2.30. The Balaban J connectivity index is 1.60. The third-order valence-corrected chi connectivity index (χ3v) is 4.81. The minimum absolute atomic E-state index is 0.0588. The lowest BCUT2D eigenvalue weighted by molar-refractivity contribution is 0.101. The van der Waals surface area contributed by atoms with Crippen LogP contribution in [0.1, 0.15) is 36.2 Å². The van der Waals surface area contributed by atoms with Crippen molar-refractivity contribution in [2.75, 3.05) is 31.7 Å². The summed E-state index contributed by atoms with van der Waals surface area (Å²) in [5.74, 6) is 2.28. The van der Waals surface area contributed by atoms with Crippen molar-refractivity contribution >= 4 is 5.69 Å². The lowest BCUT2D eigenvalue weighted by Crippen LogP contribution is -2.28. The van der Waals surface area contributed by atoms with Crippen LogP contribution in [0.25, 0.3) is 0 Å².